The Kier molecular flexibility index (Phi) is 2.61. The summed E-state index contributed by atoms with van der Waals surface area (Å²) in [7, 11) is 0. The molecule has 3 N–H and O–H groups in total. The number of rotatable bonds is 2. The van der Waals surface area contributed by atoms with Crippen LogP contribution in [0.2, 0.25) is 0 Å². The van der Waals surface area contributed by atoms with Crippen LogP contribution < -0.4 is 11.1 Å². The maximum absolute atomic E-state index is 5.53. The van der Waals surface area contributed by atoms with E-state index in [0.29, 0.717) is 12.6 Å². The van der Waals surface area contributed by atoms with Crippen molar-refractivity contribution in [3.8, 4) is 0 Å². The van der Waals surface area contributed by atoms with Gasteiger partial charge in [-0.2, -0.15) is 5.10 Å². The number of nitrogens with zero attached hydrogens (tertiary/aromatic N) is 2. The lowest BCUT2D eigenvalue weighted by Gasteiger charge is -2.22. The van der Waals surface area contributed by atoms with E-state index in [9.17, 15) is 0 Å². The normalized spacial score (nSPS) is 19.2. The molecule has 0 atom stereocenters. The molecule has 2 heterocycles. The lowest BCUT2D eigenvalue weighted by Crippen LogP contribution is -2.29. The Morgan fingerprint density at radius 3 is 2.92 bits per heavy atom. The summed E-state index contributed by atoms with van der Waals surface area (Å²) in [4.78, 5) is 0. The van der Waals surface area contributed by atoms with Gasteiger partial charge in [0.15, 0.2) is 0 Å². The van der Waals surface area contributed by atoms with Crippen LogP contribution in [-0.4, -0.2) is 22.9 Å². The van der Waals surface area contributed by atoms with E-state index in [1.165, 1.54) is 12.8 Å². The molecule has 0 aromatic carbocycles. The number of aromatic nitrogens is 2. The predicted octanol–water partition coefficient (Wildman–Crippen LogP) is 0.266. The molecule has 0 spiro atoms. The number of piperidine rings is 1. The largest absolute Gasteiger partial charge is 0.326 e. The van der Waals surface area contributed by atoms with E-state index in [-0.39, 0.29) is 0 Å². The van der Waals surface area contributed by atoms with Gasteiger partial charge in [0.2, 0.25) is 0 Å². The minimum absolute atomic E-state index is 0.571. The molecule has 1 saturated heterocycles. The minimum atomic E-state index is 0.571. The van der Waals surface area contributed by atoms with E-state index in [1.54, 1.807) is 0 Å². The van der Waals surface area contributed by atoms with Crippen LogP contribution in [0.5, 0.6) is 0 Å². The third-order valence-corrected chi connectivity index (χ3v) is 2.57. The second-order valence-corrected chi connectivity index (χ2v) is 3.51. The molecule has 1 aromatic heterocycles. The Morgan fingerprint density at radius 1 is 1.54 bits per heavy atom. The number of nitrogens with one attached hydrogen (secondary N) is 1. The molecule has 1 aliphatic rings. The van der Waals surface area contributed by atoms with Crippen molar-refractivity contribution < 1.29 is 0 Å². The number of nitrogens with two attached hydrogens (primary N) is 1. The lowest BCUT2D eigenvalue weighted by atomic mass is 10.1. The first kappa shape index (κ1) is 8.72. The summed E-state index contributed by atoms with van der Waals surface area (Å²) in [6.07, 6.45) is 6.27. The lowest BCUT2D eigenvalue weighted by molar-refractivity contribution is 0.343. The Hall–Kier alpha value is -0.870. The highest BCUT2D eigenvalue weighted by Crippen LogP contribution is 2.17. The second kappa shape index (κ2) is 3.89. The average Bonchev–Trinajstić information content (AvgIpc) is 2.67. The fraction of sp³-hybridized carbons (Fsp3) is 0.667. The first-order valence-corrected chi connectivity index (χ1v) is 4.84. The number of hydrogen-bond donors (Lipinski definition) is 2. The standard InChI is InChI=1S/C9H16N4/c10-5-8-6-12-13(7-8)9-1-3-11-4-2-9/h6-7,9,11H,1-5,10H2. The van der Waals surface area contributed by atoms with Crippen LogP contribution in [0.4, 0.5) is 0 Å². The third-order valence-electron chi connectivity index (χ3n) is 2.57. The van der Waals surface area contributed by atoms with Crippen LogP contribution in [0.3, 0.4) is 0 Å². The van der Waals surface area contributed by atoms with Crippen molar-refractivity contribution in [1.29, 1.82) is 0 Å². The zero-order chi connectivity index (χ0) is 9.10. The van der Waals surface area contributed by atoms with Crippen molar-refractivity contribution in [2.45, 2.75) is 25.4 Å². The van der Waals surface area contributed by atoms with E-state index in [1.807, 2.05) is 6.20 Å². The smallest absolute Gasteiger partial charge is 0.0543 e. The summed E-state index contributed by atoms with van der Waals surface area (Å²) in [6, 6.07) is 0.571. The van der Waals surface area contributed by atoms with Gasteiger partial charge in [0, 0.05) is 18.3 Å². The number of hydrogen-bond acceptors (Lipinski definition) is 3. The van der Waals surface area contributed by atoms with Gasteiger partial charge in [0.05, 0.1) is 12.2 Å². The van der Waals surface area contributed by atoms with Gasteiger partial charge in [0.25, 0.3) is 0 Å². The Labute approximate surface area is 78.1 Å². The van der Waals surface area contributed by atoms with Gasteiger partial charge in [-0.15, -0.1) is 0 Å². The van der Waals surface area contributed by atoms with Crippen LogP contribution in [0.1, 0.15) is 24.4 Å². The van der Waals surface area contributed by atoms with Crippen molar-refractivity contribution in [3.05, 3.63) is 18.0 Å². The SMILES string of the molecule is NCc1cnn(C2CCNCC2)c1. The second-order valence-electron chi connectivity index (χ2n) is 3.51. The van der Waals surface area contributed by atoms with Crippen molar-refractivity contribution in [3.63, 3.8) is 0 Å². The first-order valence-electron chi connectivity index (χ1n) is 4.84. The van der Waals surface area contributed by atoms with Gasteiger partial charge in [0.1, 0.15) is 0 Å². The average molecular weight is 180 g/mol. The molecule has 0 radical (unpaired) electrons. The quantitative estimate of drug-likeness (QED) is 0.686. The van der Waals surface area contributed by atoms with E-state index in [2.05, 4.69) is 21.3 Å². The first-order chi connectivity index (χ1) is 6.40. The molecular formula is C9H16N4. The van der Waals surface area contributed by atoms with E-state index >= 15 is 0 Å². The van der Waals surface area contributed by atoms with Crippen LogP contribution in [0.25, 0.3) is 0 Å². The van der Waals surface area contributed by atoms with Gasteiger partial charge in [-0.1, -0.05) is 0 Å². The fourth-order valence-corrected chi connectivity index (χ4v) is 1.75. The highest BCUT2D eigenvalue weighted by Gasteiger charge is 2.14. The molecule has 0 saturated carbocycles. The summed E-state index contributed by atoms with van der Waals surface area (Å²) in [5.74, 6) is 0. The maximum atomic E-state index is 5.53. The Balaban J connectivity index is 2.05. The summed E-state index contributed by atoms with van der Waals surface area (Å²) in [5.41, 5.74) is 6.65. The molecule has 4 nitrogen and oxygen atoms in total. The van der Waals surface area contributed by atoms with Crippen molar-refractivity contribution >= 4 is 0 Å². The van der Waals surface area contributed by atoms with Crippen LogP contribution in [-0.2, 0) is 6.54 Å². The third kappa shape index (κ3) is 1.89. The fourth-order valence-electron chi connectivity index (χ4n) is 1.75. The van der Waals surface area contributed by atoms with Crippen molar-refractivity contribution in [2.24, 2.45) is 5.73 Å². The van der Waals surface area contributed by atoms with Crippen molar-refractivity contribution in [1.82, 2.24) is 15.1 Å². The summed E-state index contributed by atoms with van der Waals surface area (Å²) >= 11 is 0. The summed E-state index contributed by atoms with van der Waals surface area (Å²) in [5, 5.41) is 7.66. The molecule has 1 fully saturated rings. The summed E-state index contributed by atoms with van der Waals surface area (Å²) < 4.78 is 2.06. The van der Waals surface area contributed by atoms with Gasteiger partial charge in [-0.05, 0) is 25.9 Å². The summed E-state index contributed by atoms with van der Waals surface area (Å²) in [6.45, 7) is 2.79. The van der Waals surface area contributed by atoms with E-state index in [4.69, 9.17) is 5.73 Å². The zero-order valence-corrected chi connectivity index (χ0v) is 7.74. The molecule has 1 aliphatic heterocycles. The Bertz CT molecular complexity index is 262. The van der Waals surface area contributed by atoms with E-state index in [0.717, 1.165) is 18.7 Å². The topological polar surface area (TPSA) is 55.9 Å². The molecule has 4 heteroatoms. The van der Waals surface area contributed by atoms with E-state index < -0.39 is 0 Å². The highest BCUT2D eigenvalue weighted by molar-refractivity contribution is 5.03. The van der Waals surface area contributed by atoms with Crippen molar-refractivity contribution in [2.75, 3.05) is 13.1 Å². The maximum Gasteiger partial charge on any atom is 0.0543 e. The molecule has 0 amide bonds. The van der Waals surface area contributed by atoms with Gasteiger partial charge >= 0.3 is 0 Å². The monoisotopic (exact) mass is 180 g/mol. The Morgan fingerprint density at radius 2 is 2.31 bits per heavy atom. The molecule has 0 bridgehead atoms. The molecular weight excluding hydrogens is 164 g/mol. The van der Waals surface area contributed by atoms with Crippen LogP contribution in [0, 0.1) is 0 Å². The van der Waals surface area contributed by atoms with Crippen LogP contribution in [0.15, 0.2) is 12.4 Å². The highest BCUT2D eigenvalue weighted by atomic mass is 15.3. The molecule has 1 aromatic rings. The molecule has 2 rings (SSSR count). The van der Waals surface area contributed by atoms with Gasteiger partial charge < -0.3 is 11.1 Å². The molecule has 13 heavy (non-hydrogen) atoms. The van der Waals surface area contributed by atoms with Crippen LogP contribution >= 0.6 is 0 Å². The zero-order valence-electron chi connectivity index (χ0n) is 7.74. The molecule has 72 valence electrons. The predicted molar refractivity (Wildman–Crippen MR) is 51.3 cm³/mol. The molecule has 0 aliphatic carbocycles. The minimum Gasteiger partial charge on any atom is -0.326 e. The van der Waals surface area contributed by atoms with Gasteiger partial charge in [-0.3, -0.25) is 4.68 Å². The van der Waals surface area contributed by atoms with Gasteiger partial charge in [-0.25, -0.2) is 0 Å². The molecule has 0 unspecified atom stereocenters.